The van der Waals surface area contributed by atoms with Gasteiger partial charge in [-0.3, -0.25) is 15.0 Å². The van der Waals surface area contributed by atoms with E-state index >= 15 is 0 Å². The Hall–Kier alpha value is -1.82. The van der Waals surface area contributed by atoms with Gasteiger partial charge in [-0.05, 0) is 12.5 Å². The van der Waals surface area contributed by atoms with Crippen molar-refractivity contribution in [2.45, 2.75) is 6.92 Å². The Morgan fingerprint density at radius 3 is 3.08 bits per heavy atom. The molecular formula is C7H8N4O2. The highest BCUT2D eigenvalue weighted by Gasteiger charge is 2.06. The Morgan fingerprint density at radius 1 is 1.62 bits per heavy atom. The van der Waals surface area contributed by atoms with E-state index in [2.05, 4.69) is 15.0 Å². The second-order valence-electron chi connectivity index (χ2n) is 2.72. The number of aromatic nitrogens is 3. The Bertz CT molecular complexity index is 499. The van der Waals surface area contributed by atoms with Crippen molar-refractivity contribution in [2.75, 3.05) is 5.48 Å². The van der Waals surface area contributed by atoms with Crippen molar-refractivity contribution < 1.29 is 5.21 Å². The monoisotopic (exact) mass is 180 g/mol. The number of anilines is 1. The topological polar surface area (TPSA) is 93.8 Å². The summed E-state index contributed by atoms with van der Waals surface area (Å²) in [4.78, 5) is 20.5. The summed E-state index contributed by atoms with van der Waals surface area (Å²) < 4.78 is 0. The standard InChI is InChI=1S/C7H8N4O2/c1-3-2-8-5-4(3)6(12)10-7(9-5)11-13/h2,13H,1H3,(H3,8,9,10,11,12). The van der Waals surface area contributed by atoms with E-state index in [4.69, 9.17) is 5.21 Å². The van der Waals surface area contributed by atoms with Crippen LogP contribution in [0, 0.1) is 6.92 Å². The molecule has 6 nitrogen and oxygen atoms in total. The maximum absolute atomic E-state index is 11.4. The molecular weight excluding hydrogens is 172 g/mol. The number of aryl methyl sites for hydroxylation is 1. The van der Waals surface area contributed by atoms with Gasteiger partial charge in [-0.25, -0.2) is 5.48 Å². The number of rotatable bonds is 1. The summed E-state index contributed by atoms with van der Waals surface area (Å²) in [5.41, 5.74) is 2.79. The fourth-order valence-corrected chi connectivity index (χ4v) is 1.25. The van der Waals surface area contributed by atoms with Crippen molar-refractivity contribution in [1.29, 1.82) is 0 Å². The van der Waals surface area contributed by atoms with E-state index in [1.807, 2.05) is 6.92 Å². The summed E-state index contributed by atoms with van der Waals surface area (Å²) in [6, 6.07) is 0. The SMILES string of the molecule is Cc1c[nH]c2nc(NO)[nH]c(=O)c12. The number of nitrogens with one attached hydrogen (secondary N) is 3. The molecule has 0 saturated heterocycles. The van der Waals surface area contributed by atoms with Crippen LogP contribution in [0.1, 0.15) is 5.56 Å². The second kappa shape index (κ2) is 2.60. The van der Waals surface area contributed by atoms with Crippen molar-refractivity contribution in [3.63, 3.8) is 0 Å². The summed E-state index contributed by atoms with van der Waals surface area (Å²) in [6.07, 6.45) is 1.69. The number of hydrogen-bond donors (Lipinski definition) is 4. The van der Waals surface area contributed by atoms with Gasteiger partial charge in [0, 0.05) is 6.20 Å². The molecule has 13 heavy (non-hydrogen) atoms. The molecule has 0 unspecified atom stereocenters. The van der Waals surface area contributed by atoms with Gasteiger partial charge in [-0.2, -0.15) is 4.98 Å². The average Bonchev–Trinajstić information content (AvgIpc) is 2.48. The fraction of sp³-hybridized carbons (Fsp3) is 0.143. The lowest BCUT2D eigenvalue weighted by atomic mass is 10.3. The van der Waals surface area contributed by atoms with E-state index < -0.39 is 0 Å². The minimum absolute atomic E-state index is 0.0272. The van der Waals surface area contributed by atoms with Crippen LogP contribution in [0.3, 0.4) is 0 Å². The summed E-state index contributed by atoms with van der Waals surface area (Å²) in [5, 5.41) is 9.04. The number of H-pyrrole nitrogens is 2. The minimum atomic E-state index is -0.277. The molecule has 68 valence electrons. The van der Waals surface area contributed by atoms with Crippen molar-refractivity contribution in [3.8, 4) is 0 Å². The van der Waals surface area contributed by atoms with Gasteiger partial charge in [-0.15, -0.1) is 0 Å². The largest absolute Gasteiger partial charge is 0.346 e. The van der Waals surface area contributed by atoms with Crippen molar-refractivity contribution in [2.24, 2.45) is 0 Å². The van der Waals surface area contributed by atoms with Crippen LogP contribution >= 0.6 is 0 Å². The quantitative estimate of drug-likeness (QED) is 0.476. The van der Waals surface area contributed by atoms with Gasteiger partial charge in [0.1, 0.15) is 5.65 Å². The summed E-state index contributed by atoms with van der Waals surface area (Å²) in [6.45, 7) is 1.81. The first-order valence-electron chi connectivity index (χ1n) is 3.70. The maximum Gasteiger partial charge on any atom is 0.262 e. The fourth-order valence-electron chi connectivity index (χ4n) is 1.25. The molecule has 0 radical (unpaired) electrons. The van der Waals surface area contributed by atoms with Crippen molar-refractivity contribution in [1.82, 2.24) is 15.0 Å². The Morgan fingerprint density at radius 2 is 2.38 bits per heavy atom. The van der Waals surface area contributed by atoms with Crippen LogP contribution in [0.15, 0.2) is 11.0 Å². The Kier molecular flexibility index (Phi) is 1.56. The molecule has 0 aliphatic heterocycles. The zero-order valence-corrected chi connectivity index (χ0v) is 6.88. The van der Waals surface area contributed by atoms with Crippen LogP contribution < -0.4 is 11.0 Å². The minimum Gasteiger partial charge on any atom is -0.346 e. The van der Waals surface area contributed by atoms with Gasteiger partial charge >= 0.3 is 0 Å². The first-order valence-corrected chi connectivity index (χ1v) is 3.70. The summed E-state index contributed by atoms with van der Waals surface area (Å²) in [5.74, 6) is 0.0272. The van der Waals surface area contributed by atoms with E-state index in [1.54, 1.807) is 11.7 Å². The molecule has 2 rings (SSSR count). The predicted octanol–water partition coefficient (Wildman–Crippen LogP) is 0.361. The Labute approximate surface area is 72.6 Å². The van der Waals surface area contributed by atoms with E-state index in [1.165, 1.54) is 0 Å². The molecule has 0 fully saturated rings. The molecule has 0 bridgehead atoms. The lowest BCUT2D eigenvalue weighted by Gasteiger charge is -1.96. The number of aromatic amines is 2. The molecule has 2 heterocycles. The molecule has 2 aromatic heterocycles. The van der Waals surface area contributed by atoms with Crippen molar-refractivity contribution >= 4 is 17.0 Å². The third-order valence-corrected chi connectivity index (χ3v) is 1.85. The molecule has 0 spiro atoms. The highest BCUT2D eigenvalue weighted by molar-refractivity contribution is 5.79. The Balaban J connectivity index is 2.87. The van der Waals surface area contributed by atoms with Gasteiger partial charge < -0.3 is 4.98 Å². The zero-order chi connectivity index (χ0) is 9.42. The first kappa shape index (κ1) is 7.81. The van der Waals surface area contributed by atoms with E-state index in [0.717, 1.165) is 5.56 Å². The number of fused-ring (bicyclic) bond motifs is 1. The lowest BCUT2D eigenvalue weighted by molar-refractivity contribution is 0.382. The van der Waals surface area contributed by atoms with E-state index in [0.29, 0.717) is 11.0 Å². The highest BCUT2D eigenvalue weighted by atomic mass is 16.5. The smallest absolute Gasteiger partial charge is 0.262 e. The van der Waals surface area contributed by atoms with Crippen LogP contribution in [0.5, 0.6) is 0 Å². The number of nitrogens with zero attached hydrogens (tertiary/aromatic N) is 1. The summed E-state index contributed by atoms with van der Waals surface area (Å²) >= 11 is 0. The third-order valence-electron chi connectivity index (χ3n) is 1.85. The molecule has 0 atom stereocenters. The van der Waals surface area contributed by atoms with Crippen molar-refractivity contribution in [3.05, 3.63) is 22.1 Å². The molecule has 0 saturated carbocycles. The number of hydrogen-bond acceptors (Lipinski definition) is 4. The predicted molar refractivity (Wildman–Crippen MR) is 46.9 cm³/mol. The molecule has 0 aromatic carbocycles. The zero-order valence-electron chi connectivity index (χ0n) is 6.88. The van der Waals surface area contributed by atoms with Gasteiger partial charge in [0.25, 0.3) is 5.56 Å². The van der Waals surface area contributed by atoms with Crippen LogP contribution in [0.2, 0.25) is 0 Å². The lowest BCUT2D eigenvalue weighted by Crippen LogP contribution is -2.11. The molecule has 0 aliphatic rings. The second-order valence-corrected chi connectivity index (χ2v) is 2.72. The molecule has 0 aliphatic carbocycles. The van der Waals surface area contributed by atoms with Gasteiger partial charge in [0.15, 0.2) is 0 Å². The maximum atomic E-state index is 11.4. The molecule has 4 N–H and O–H groups in total. The molecule has 0 amide bonds. The van der Waals surface area contributed by atoms with E-state index in [9.17, 15) is 4.79 Å². The average molecular weight is 180 g/mol. The van der Waals surface area contributed by atoms with Crippen LogP contribution in [-0.4, -0.2) is 20.2 Å². The van der Waals surface area contributed by atoms with Crippen LogP contribution in [-0.2, 0) is 0 Å². The summed E-state index contributed by atoms with van der Waals surface area (Å²) in [7, 11) is 0. The van der Waals surface area contributed by atoms with Gasteiger partial charge in [0.05, 0.1) is 5.39 Å². The normalized spacial score (nSPS) is 10.6. The third kappa shape index (κ3) is 1.07. The van der Waals surface area contributed by atoms with E-state index in [-0.39, 0.29) is 11.5 Å². The first-order chi connectivity index (χ1) is 6.22. The molecule has 2 aromatic rings. The van der Waals surface area contributed by atoms with Crippen LogP contribution in [0.25, 0.3) is 11.0 Å². The van der Waals surface area contributed by atoms with Gasteiger partial charge in [0.2, 0.25) is 5.95 Å². The van der Waals surface area contributed by atoms with Crippen LogP contribution in [0.4, 0.5) is 5.95 Å². The highest BCUT2D eigenvalue weighted by Crippen LogP contribution is 2.10. The molecule has 6 heteroatoms. The van der Waals surface area contributed by atoms with Gasteiger partial charge in [-0.1, -0.05) is 0 Å².